The molecule has 22 heavy (non-hydrogen) atoms. The maximum absolute atomic E-state index is 11.7. The summed E-state index contributed by atoms with van der Waals surface area (Å²) in [6.07, 6.45) is 8.74. The van der Waals surface area contributed by atoms with Gasteiger partial charge < -0.3 is 4.90 Å². The number of hydrogen-bond donors (Lipinski definition) is 0. The van der Waals surface area contributed by atoms with Gasteiger partial charge in [0, 0.05) is 31.3 Å². The second-order valence-electron chi connectivity index (χ2n) is 6.06. The zero-order chi connectivity index (χ0) is 15.9. The van der Waals surface area contributed by atoms with Crippen molar-refractivity contribution >= 4 is 11.5 Å². The highest BCUT2D eigenvalue weighted by Crippen LogP contribution is 2.27. The molecular formula is C19H24N2O. The molecule has 0 spiro atoms. The molecule has 0 heterocycles. The molecule has 0 saturated heterocycles. The number of rotatable bonds is 5. The van der Waals surface area contributed by atoms with Gasteiger partial charge in [-0.05, 0) is 49.8 Å². The lowest BCUT2D eigenvalue weighted by Gasteiger charge is -2.29. The molecule has 0 bridgehead atoms. The molecule has 0 aromatic heterocycles. The van der Waals surface area contributed by atoms with E-state index in [0.717, 1.165) is 43.5 Å². The molecule has 0 N–H and O–H groups in total. The molecule has 1 aromatic carbocycles. The van der Waals surface area contributed by atoms with Crippen LogP contribution in [0.3, 0.4) is 0 Å². The molecule has 0 radical (unpaired) electrons. The van der Waals surface area contributed by atoms with Gasteiger partial charge in [0.15, 0.2) is 0 Å². The molecule has 0 unspecified atom stereocenters. The predicted octanol–water partition coefficient (Wildman–Crippen LogP) is 4.36. The Hall–Kier alpha value is -2.08. The lowest BCUT2D eigenvalue weighted by atomic mass is 9.88. The molecule has 0 amide bonds. The second-order valence-corrected chi connectivity index (χ2v) is 6.06. The third kappa shape index (κ3) is 4.21. The van der Waals surface area contributed by atoms with E-state index in [9.17, 15) is 4.79 Å². The minimum atomic E-state index is 0.387. The molecule has 1 aromatic rings. The lowest BCUT2D eigenvalue weighted by Crippen LogP contribution is -2.29. The molecule has 116 valence electrons. The van der Waals surface area contributed by atoms with Gasteiger partial charge in [-0.2, -0.15) is 5.26 Å². The first-order valence-electron chi connectivity index (χ1n) is 8.09. The summed E-state index contributed by atoms with van der Waals surface area (Å²) in [6.45, 7) is 5.02. The van der Waals surface area contributed by atoms with E-state index in [4.69, 9.17) is 5.26 Å². The Bertz CT molecular complexity index is 598. The molecular weight excluding hydrogens is 272 g/mol. The number of aryl methyl sites for hydroxylation is 1. The Labute approximate surface area is 133 Å². The van der Waals surface area contributed by atoms with E-state index in [0.29, 0.717) is 23.7 Å². The number of ketones is 1. The smallest absolute Gasteiger partial charge is 0.133 e. The monoisotopic (exact) mass is 296 g/mol. The van der Waals surface area contributed by atoms with Crippen LogP contribution >= 0.6 is 0 Å². The second kappa shape index (κ2) is 7.79. The van der Waals surface area contributed by atoms with Gasteiger partial charge in [0.2, 0.25) is 0 Å². The topological polar surface area (TPSA) is 44.1 Å². The van der Waals surface area contributed by atoms with Gasteiger partial charge >= 0.3 is 0 Å². The van der Waals surface area contributed by atoms with Crippen molar-refractivity contribution in [1.29, 1.82) is 5.26 Å². The van der Waals surface area contributed by atoms with Crippen LogP contribution in [0.25, 0.3) is 0 Å². The molecule has 1 aliphatic carbocycles. The summed E-state index contributed by atoms with van der Waals surface area (Å²) in [7, 11) is 0. The number of carbonyl (C=O) groups is 1. The number of carbonyl (C=O) groups excluding carboxylic acids is 1. The van der Waals surface area contributed by atoms with Crippen LogP contribution in [0.15, 0.2) is 30.5 Å². The standard InChI is InChI=1S/C19H24N2O/c1-3-4-10-21(14-17-6-5-7-18(22)11-17)19-12-16(13-20)9-8-15(19)2/h4,8-10,12,17H,3,5-7,11,14H2,1-2H3/b10-4-/t17-/m0/s1. The highest BCUT2D eigenvalue weighted by atomic mass is 16.1. The van der Waals surface area contributed by atoms with Crippen molar-refractivity contribution in [3.8, 4) is 6.07 Å². The zero-order valence-corrected chi connectivity index (χ0v) is 13.5. The number of anilines is 1. The quantitative estimate of drug-likeness (QED) is 0.811. The summed E-state index contributed by atoms with van der Waals surface area (Å²) in [5.41, 5.74) is 2.90. The number of hydrogen-bond acceptors (Lipinski definition) is 3. The van der Waals surface area contributed by atoms with Crippen molar-refractivity contribution in [1.82, 2.24) is 0 Å². The number of benzene rings is 1. The van der Waals surface area contributed by atoms with Crippen LogP contribution in [0.1, 0.15) is 50.2 Å². The fourth-order valence-corrected chi connectivity index (χ4v) is 3.01. The SMILES string of the molecule is CC/C=C\N(C[C@H]1CCCC(=O)C1)c1cc(C#N)ccc1C. The normalized spacial score (nSPS) is 18.4. The average Bonchev–Trinajstić information content (AvgIpc) is 2.52. The van der Waals surface area contributed by atoms with Crippen LogP contribution in [0, 0.1) is 24.2 Å². The summed E-state index contributed by atoms with van der Waals surface area (Å²) >= 11 is 0. The Kier molecular flexibility index (Phi) is 5.77. The van der Waals surface area contributed by atoms with Gasteiger partial charge in [-0.25, -0.2) is 0 Å². The summed E-state index contributed by atoms with van der Waals surface area (Å²) in [5.74, 6) is 0.797. The van der Waals surface area contributed by atoms with Gasteiger partial charge in [0.1, 0.15) is 5.78 Å². The highest BCUT2D eigenvalue weighted by molar-refractivity contribution is 5.79. The van der Waals surface area contributed by atoms with Crippen molar-refractivity contribution in [3.05, 3.63) is 41.6 Å². The third-order valence-corrected chi connectivity index (χ3v) is 4.21. The Morgan fingerprint density at radius 3 is 2.95 bits per heavy atom. The Morgan fingerprint density at radius 2 is 2.27 bits per heavy atom. The van der Waals surface area contributed by atoms with Crippen molar-refractivity contribution in [3.63, 3.8) is 0 Å². The van der Waals surface area contributed by atoms with E-state index in [2.05, 4.69) is 37.1 Å². The third-order valence-electron chi connectivity index (χ3n) is 4.21. The fourth-order valence-electron chi connectivity index (χ4n) is 3.01. The Morgan fingerprint density at radius 1 is 1.45 bits per heavy atom. The fraction of sp³-hybridized carbons (Fsp3) is 0.474. The number of nitriles is 1. The van der Waals surface area contributed by atoms with Gasteiger partial charge in [-0.15, -0.1) is 0 Å². The van der Waals surface area contributed by atoms with Crippen molar-refractivity contribution < 1.29 is 4.79 Å². The van der Waals surface area contributed by atoms with Crippen LogP contribution < -0.4 is 4.90 Å². The minimum absolute atomic E-state index is 0.387. The first-order chi connectivity index (χ1) is 10.6. The first kappa shape index (κ1) is 16.3. The zero-order valence-electron chi connectivity index (χ0n) is 13.5. The van der Waals surface area contributed by atoms with Crippen molar-refractivity contribution in [2.75, 3.05) is 11.4 Å². The van der Waals surface area contributed by atoms with Crippen molar-refractivity contribution in [2.24, 2.45) is 5.92 Å². The van der Waals surface area contributed by atoms with E-state index in [1.165, 1.54) is 0 Å². The van der Waals surface area contributed by atoms with E-state index in [1.807, 2.05) is 18.2 Å². The van der Waals surface area contributed by atoms with E-state index in [-0.39, 0.29) is 0 Å². The highest BCUT2D eigenvalue weighted by Gasteiger charge is 2.22. The van der Waals surface area contributed by atoms with Crippen LogP contribution in [0.2, 0.25) is 0 Å². The largest absolute Gasteiger partial charge is 0.348 e. The molecule has 1 fully saturated rings. The van der Waals surface area contributed by atoms with E-state index >= 15 is 0 Å². The summed E-state index contributed by atoms with van der Waals surface area (Å²) in [5, 5.41) is 9.14. The van der Waals surface area contributed by atoms with Gasteiger partial charge in [-0.1, -0.05) is 19.1 Å². The van der Waals surface area contributed by atoms with E-state index < -0.39 is 0 Å². The first-order valence-corrected chi connectivity index (χ1v) is 8.09. The van der Waals surface area contributed by atoms with Crippen LogP contribution in [-0.4, -0.2) is 12.3 Å². The molecule has 1 saturated carbocycles. The van der Waals surface area contributed by atoms with Crippen LogP contribution in [0.5, 0.6) is 0 Å². The molecule has 3 heteroatoms. The lowest BCUT2D eigenvalue weighted by molar-refractivity contribution is -0.121. The average molecular weight is 296 g/mol. The van der Waals surface area contributed by atoms with Crippen LogP contribution in [-0.2, 0) is 4.79 Å². The summed E-state index contributed by atoms with van der Waals surface area (Å²) in [4.78, 5) is 13.9. The maximum Gasteiger partial charge on any atom is 0.133 e. The van der Waals surface area contributed by atoms with Crippen molar-refractivity contribution in [2.45, 2.75) is 46.0 Å². The molecule has 1 atom stereocenters. The van der Waals surface area contributed by atoms with Gasteiger partial charge in [-0.3, -0.25) is 4.79 Å². The maximum atomic E-state index is 11.7. The Balaban J connectivity index is 2.24. The summed E-state index contributed by atoms with van der Waals surface area (Å²) < 4.78 is 0. The van der Waals surface area contributed by atoms with Crippen LogP contribution in [0.4, 0.5) is 5.69 Å². The van der Waals surface area contributed by atoms with Gasteiger partial charge in [0.25, 0.3) is 0 Å². The molecule has 3 nitrogen and oxygen atoms in total. The number of nitrogens with zero attached hydrogens (tertiary/aromatic N) is 2. The molecule has 0 aliphatic heterocycles. The van der Waals surface area contributed by atoms with Gasteiger partial charge in [0.05, 0.1) is 11.6 Å². The van der Waals surface area contributed by atoms with E-state index in [1.54, 1.807) is 0 Å². The number of Topliss-reactive ketones (excluding diaryl/α,β-unsaturated/α-hetero) is 1. The predicted molar refractivity (Wildman–Crippen MR) is 89.6 cm³/mol. The number of allylic oxidation sites excluding steroid dienone is 1. The molecule has 2 rings (SSSR count). The molecule has 1 aliphatic rings. The summed E-state index contributed by atoms with van der Waals surface area (Å²) in [6, 6.07) is 8.00. The minimum Gasteiger partial charge on any atom is -0.348 e.